The van der Waals surface area contributed by atoms with E-state index in [1.165, 1.54) is 18.3 Å². The first-order valence-electron chi connectivity index (χ1n) is 13.0. The van der Waals surface area contributed by atoms with Gasteiger partial charge in [0.2, 0.25) is 0 Å². The predicted octanol–water partition coefficient (Wildman–Crippen LogP) is 3.09. The predicted molar refractivity (Wildman–Crippen MR) is 151 cm³/mol. The van der Waals surface area contributed by atoms with Gasteiger partial charge in [-0.2, -0.15) is 5.09 Å². The highest BCUT2D eigenvalue weighted by Gasteiger charge is 2.56. The van der Waals surface area contributed by atoms with Crippen LogP contribution in [0.1, 0.15) is 39.5 Å². The number of H-pyrrole nitrogens is 1. The van der Waals surface area contributed by atoms with Crippen molar-refractivity contribution < 1.29 is 37.4 Å². The maximum absolute atomic E-state index is 15.6. The van der Waals surface area contributed by atoms with E-state index in [4.69, 9.17) is 18.5 Å². The maximum Gasteiger partial charge on any atom is 0.459 e. The van der Waals surface area contributed by atoms with Crippen LogP contribution in [0.15, 0.2) is 50.9 Å². The van der Waals surface area contributed by atoms with E-state index in [1.54, 1.807) is 37.6 Å². The number of hydrogen-bond acceptors (Lipinski definition) is 11. The van der Waals surface area contributed by atoms with Crippen LogP contribution < -0.4 is 20.9 Å². The smallest absolute Gasteiger partial charge is 0.459 e. The second-order valence-electron chi connectivity index (χ2n) is 10.2. The largest absolute Gasteiger partial charge is 0.462 e. The Morgan fingerprint density at radius 1 is 1.33 bits per heavy atom. The average molecular weight is 627 g/mol. The lowest BCUT2D eigenvalue weighted by molar-refractivity contribution is -0.149. The molecule has 0 saturated carbocycles. The second kappa shape index (κ2) is 12.6. The molecule has 42 heavy (non-hydrogen) atoms. The highest BCUT2D eigenvalue weighted by molar-refractivity contribution is 7.52. The van der Waals surface area contributed by atoms with Crippen LogP contribution in [0.5, 0.6) is 5.75 Å². The minimum absolute atomic E-state index is 0.132. The van der Waals surface area contributed by atoms with E-state index in [0.717, 1.165) is 40.6 Å². The van der Waals surface area contributed by atoms with Gasteiger partial charge in [0.15, 0.2) is 11.9 Å². The van der Waals surface area contributed by atoms with E-state index in [1.807, 2.05) is 17.3 Å². The summed E-state index contributed by atoms with van der Waals surface area (Å²) in [6, 6.07) is 4.74. The molecule has 3 aromatic rings. The zero-order valence-electron chi connectivity index (χ0n) is 23.5. The SMILES string of the molecule is Cc1cc(OP(=O)(N[C@@H](C)C(=O)OC(C)C)OC[C@H]2O[C@@H](n3ccc(=O)[nH]c3=O)[C@](C)(F)[C@@H]2O)ccc1-c1cscn1. The molecule has 4 rings (SSSR count). The Bertz CT molecular complexity index is 1580. The molecule has 16 heteroatoms. The van der Waals surface area contributed by atoms with Crippen molar-refractivity contribution in [3.05, 3.63) is 67.8 Å². The van der Waals surface area contributed by atoms with Crippen LogP contribution >= 0.6 is 19.1 Å². The molecule has 3 heterocycles. The van der Waals surface area contributed by atoms with Crippen molar-refractivity contribution in [3.8, 4) is 17.0 Å². The van der Waals surface area contributed by atoms with Gasteiger partial charge in [-0.15, -0.1) is 11.3 Å². The van der Waals surface area contributed by atoms with Crippen LogP contribution in [0.2, 0.25) is 0 Å². The number of esters is 1. The Labute approximate surface area is 244 Å². The number of hydrogen-bond donors (Lipinski definition) is 3. The van der Waals surface area contributed by atoms with Crippen LogP contribution in [0.25, 0.3) is 11.3 Å². The van der Waals surface area contributed by atoms with Gasteiger partial charge in [0.1, 0.15) is 24.0 Å². The summed E-state index contributed by atoms with van der Waals surface area (Å²) in [6.45, 7) is 6.87. The van der Waals surface area contributed by atoms with Crippen LogP contribution in [-0.2, 0) is 23.4 Å². The number of aryl methyl sites for hydroxylation is 1. The Morgan fingerprint density at radius 3 is 2.69 bits per heavy atom. The highest BCUT2D eigenvalue weighted by atomic mass is 32.1. The first kappa shape index (κ1) is 31.7. The minimum atomic E-state index is -4.41. The molecule has 1 fully saturated rings. The van der Waals surface area contributed by atoms with Crippen LogP contribution in [0.3, 0.4) is 0 Å². The van der Waals surface area contributed by atoms with Gasteiger partial charge in [-0.05, 0) is 58.4 Å². The van der Waals surface area contributed by atoms with E-state index >= 15 is 4.39 Å². The van der Waals surface area contributed by atoms with E-state index in [9.17, 15) is 24.1 Å². The molecule has 1 aliphatic heterocycles. The quantitative estimate of drug-likeness (QED) is 0.211. The number of nitrogens with zero attached hydrogens (tertiary/aromatic N) is 2. The molecule has 1 saturated heterocycles. The number of carbonyl (C=O) groups excluding carboxylic acids is 1. The zero-order valence-corrected chi connectivity index (χ0v) is 25.2. The molecular formula is C26H32FN4O9PS. The highest BCUT2D eigenvalue weighted by Crippen LogP contribution is 2.48. The molecule has 228 valence electrons. The lowest BCUT2D eigenvalue weighted by Gasteiger charge is -2.25. The number of aliphatic hydroxyl groups excluding tert-OH is 1. The van der Waals surface area contributed by atoms with Gasteiger partial charge in [-0.25, -0.2) is 18.7 Å². The Kier molecular flexibility index (Phi) is 9.50. The molecule has 3 N–H and O–H groups in total. The maximum atomic E-state index is 15.6. The minimum Gasteiger partial charge on any atom is -0.462 e. The number of carbonyl (C=O) groups is 1. The number of thiazole rings is 1. The number of rotatable bonds is 11. The molecule has 6 atom stereocenters. The van der Waals surface area contributed by atoms with Gasteiger partial charge in [-0.1, -0.05) is 0 Å². The number of benzene rings is 1. The zero-order chi connectivity index (χ0) is 30.8. The normalized spacial score (nSPS) is 24.3. The third-order valence-electron chi connectivity index (χ3n) is 6.42. The Balaban J connectivity index is 1.57. The number of alkyl halides is 1. The lowest BCUT2D eigenvalue weighted by atomic mass is 9.98. The molecule has 2 aromatic heterocycles. The first-order valence-corrected chi connectivity index (χ1v) is 15.4. The Morgan fingerprint density at radius 2 is 2.07 bits per heavy atom. The molecule has 0 spiro atoms. The molecule has 0 bridgehead atoms. The number of halogens is 1. The Hall–Kier alpha value is -3.20. The van der Waals surface area contributed by atoms with Gasteiger partial charge >= 0.3 is 19.4 Å². The summed E-state index contributed by atoms with van der Waals surface area (Å²) in [5.74, 6) is -0.592. The summed E-state index contributed by atoms with van der Waals surface area (Å²) >= 11 is 1.44. The number of aromatic amines is 1. The topological polar surface area (TPSA) is 171 Å². The summed E-state index contributed by atoms with van der Waals surface area (Å²) < 4.78 is 52.5. The summed E-state index contributed by atoms with van der Waals surface area (Å²) in [5.41, 5.74) is -0.115. The van der Waals surface area contributed by atoms with Gasteiger partial charge in [0, 0.05) is 23.2 Å². The van der Waals surface area contributed by atoms with Crippen molar-refractivity contribution >= 4 is 25.1 Å². The number of ether oxygens (including phenoxy) is 2. The molecule has 1 aliphatic rings. The molecule has 0 radical (unpaired) electrons. The van der Waals surface area contributed by atoms with Crippen molar-refractivity contribution in [3.63, 3.8) is 0 Å². The standard InChI is InChI=1S/C26H32FN4O9PS/c1-14(2)38-23(34)16(4)30-41(36,40-17-6-7-18(15(3)10-17)19-12-42-13-28-19)37-11-20-22(33)26(5,27)24(39-20)31-9-8-21(32)29-25(31)35/h6-10,12-14,16,20,22,24,33H,11H2,1-5H3,(H,30,36)(H,29,32,35)/t16-,20+,22+,24+,26+,41?/m0/s1. The average Bonchev–Trinajstić information content (AvgIpc) is 3.50. The van der Waals surface area contributed by atoms with Crippen molar-refractivity contribution in [1.29, 1.82) is 0 Å². The van der Waals surface area contributed by atoms with Crippen molar-refractivity contribution in [1.82, 2.24) is 19.6 Å². The van der Waals surface area contributed by atoms with Crippen LogP contribution in [0.4, 0.5) is 4.39 Å². The third kappa shape index (κ3) is 7.05. The fourth-order valence-corrected chi connectivity index (χ4v) is 6.36. The van der Waals surface area contributed by atoms with E-state index < -0.39 is 67.8 Å². The van der Waals surface area contributed by atoms with E-state index in [0.29, 0.717) is 0 Å². The fourth-order valence-electron chi connectivity index (χ4n) is 4.31. The summed E-state index contributed by atoms with van der Waals surface area (Å²) in [4.78, 5) is 42.5. The fraction of sp³-hybridized carbons (Fsp3) is 0.462. The van der Waals surface area contributed by atoms with Gasteiger partial charge in [0.25, 0.3) is 5.56 Å². The monoisotopic (exact) mass is 626 g/mol. The number of aliphatic hydroxyl groups is 1. The van der Waals surface area contributed by atoms with E-state index in [-0.39, 0.29) is 5.75 Å². The molecule has 0 amide bonds. The summed E-state index contributed by atoms with van der Waals surface area (Å²) in [6.07, 6.45) is -4.30. The van der Waals surface area contributed by atoms with Crippen LogP contribution in [-0.4, -0.2) is 62.2 Å². The number of nitrogens with one attached hydrogen (secondary N) is 2. The lowest BCUT2D eigenvalue weighted by Crippen LogP contribution is -2.43. The molecular weight excluding hydrogens is 594 g/mol. The van der Waals surface area contributed by atoms with Crippen molar-refractivity contribution in [2.75, 3.05) is 6.61 Å². The van der Waals surface area contributed by atoms with Crippen molar-refractivity contribution in [2.24, 2.45) is 0 Å². The molecule has 1 aromatic carbocycles. The van der Waals surface area contributed by atoms with Gasteiger partial charge < -0.3 is 19.1 Å². The second-order valence-corrected chi connectivity index (χ2v) is 12.6. The van der Waals surface area contributed by atoms with Gasteiger partial charge in [0.05, 0.1) is 23.9 Å². The van der Waals surface area contributed by atoms with Crippen LogP contribution in [0, 0.1) is 6.92 Å². The first-order chi connectivity index (χ1) is 19.7. The molecule has 13 nitrogen and oxygen atoms in total. The van der Waals surface area contributed by atoms with Crippen molar-refractivity contribution in [2.45, 2.75) is 70.9 Å². The van der Waals surface area contributed by atoms with E-state index in [2.05, 4.69) is 10.1 Å². The summed E-state index contributed by atoms with van der Waals surface area (Å²) in [7, 11) is -4.41. The van der Waals surface area contributed by atoms with Gasteiger partial charge in [-0.3, -0.25) is 23.7 Å². The molecule has 1 unspecified atom stereocenters. The molecule has 0 aliphatic carbocycles. The summed E-state index contributed by atoms with van der Waals surface area (Å²) in [5, 5.41) is 15.1. The third-order valence-corrected chi connectivity index (χ3v) is 8.65. The number of aromatic nitrogens is 3.